The molecule has 0 unspecified atom stereocenters. The Morgan fingerprint density at radius 1 is 1.12 bits per heavy atom. The van der Waals surface area contributed by atoms with Crippen LogP contribution in [0.15, 0.2) is 42.6 Å². The first-order valence-electron chi connectivity index (χ1n) is 7.31. The molecule has 128 valence electrons. The van der Waals surface area contributed by atoms with Gasteiger partial charge in [0.15, 0.2) is 0 Å². The number of carbonyl (C=O) groups excluding carboxylic acids is 1. The van der Waals surface area contributed by atoms with Crippen molar-refractivity contribution in [2.75, 3.05) is 32.3 Å². The zero-order chi connectivity index (χ0) is 17.2. The van der Waals surface area contributed by atoms with Crippen molar-refractivity contribution in [3.8, 4) is 17.4 Å². The van der Waals surface area contributed by atoms with Gasteiger partial charge in [0.2, 0.25) is 5.88 Å². The van der Waals surface area contributed by atoms with Gasteiger partial charge in [0.05, 0.1) is 25.9 Å². The minimum Gasteiger partial charge on any atom is -0.491 e. The molecule has 0 N–H and O–H groups in total. The molecule has 0 aliphatic rings. The lowest BCUT2D eigenvalue weighted by molar-refractivity contribution is 0.0600. The molecular weight excluding hydrogens is 378 g/mol. The second-order valence-corrected chi connectivity index (χ2v) is 5.40. The number of esters is 1. The van der Waals surface area contributed by atoms with Gasteiger partial charge in [0, 0.05) is 23.7 Å². The summed E-state index contributed by atoms with van der Waals surface area (Å²) in [5, 5.41) is 0.804. The van der Waals surface area contributed by atoms with E-state index in [0.29, 0.717) is 42.8 Å². The largest absolute Gasteiger partial charge is 0.491 e. The predicted octanol–water partition coefficient (Wildman–Crippen LogP) is 3.45. The first kappa shape index (κ1) is 18.2. The number of nitrogens with zero attached hydrogens (tertiary/aromatic N) is 1. The molecule has 0 radical (unpaired) electrons. The lowest BCUT2D eigenvalue weighted by Gasteiger charge is -2.09. The molecular formula is C17H18BrNO5. The summed E-state index contributed by atoms with van der Waals surface area (Å²) in [5.74, 6) is 1.21. The van der Waals surface area contributed by atoms with Gasteiger partial charge >= 0.3 is 5.97 Å². The summed E-state index contributed by atoms with van der Waals surface area (Å²) in [6.45, 7) is 1.63. The number of methoxy groups -OCH3 is 1. The fraction of sp³-hybridized carbons (Fsp3) is 0.294. The van der Waals surface area contributed by atoms with Gasteiger partial charge in [-0.1, -0.05) is 22.0 Å². The van der Waals surface area contributed by atoms with Crippen molar-refractivity contribution >= 4 is 21.9 Å². The molecule has 0 spiro atoms. The number of carbonyl (C=O) groups is 1. The highest BCUT2D eigenvalue weighted by atomic mass is 79.9. The molecule has 1 aromatic heterocycles. The van der Waals surface area contributed by atoms with E-state index >= 15 is 0 Å². The maximum atomic E-state index is 11.4. The molecule has 6 nitrogen and oxygen atoms in total. The summed E-state index contributed by atoms with van der Waals surface area (Å²) in [5.41, 5.74) is 0.366. The fourth-order valence-electron chi connectivity index (χ4n) is 1.80. The van der Waals surface area contributed by atoms with E-state index in [1.54, 1.807) is 24.3 Å². The van der Waals surface area contributed by atoms with Gasteiger partial charge in [0.1, 0.15) is 18.1 Å². The molecule has 2 rings (SSSR count). The van der Waals surface area contributed by atoms with Crippen molar-refractivity contribution in [3.05, 3.63) is 48.2 Å². The Bertz CT molecular complexity index is 648. The summed E-state index contributed by atoms with van der Waals surface area (Å²) in [7, 11) is 1.32. The quantitative estimate of drug-likeness (QED) is 0.368. The number of hydrogen-bond acceptors (Lipinski definition) is 6. The van der Waals surface area contributed by atoms with Crippen molar-refractivity contribution in [2.24, 2.45) is 0 Å². The Kier molecular flexibility index (Phi) is 7.51. The van der Waals surface area contributed by atoms with Crippen LogP contribution in [-0.4, -0.2) is 43.2 Å². The Morgan fingerprint density at radius 2 is 1.96 bits per heavy atom. The number of pyridine rings is 1. The summed E-state index contributed by atoms with van der Waals surface area (Å²) in [4.78, 5) is 15.4. The van der Waals surface area contributed by atoms with Crippen LogP contribution in [0.4, 0.5) is 0 Å². The molecule has 0 bridgehead atoms. The van der Waals surface area contributed by atoms with E-state index in [4.69, 9.17) is 14.2 Å². The van der Waals surface area contributed by atoms with Crippen molar-refractivity contribution in [3.63, 3.8) is 0 Å². The Balaban J connectivity index is 1.90. The molecule has 7 heteroatoms. The molecule has 2 aromatic rings. The Labute approximate surface area is 148 Å². The minimum absolute atomic E-state index is 0.366. The lowest BCUT2D eigenvalue weighted by Crippen LogP contribution is -2.07. The van der Waals surface area contributed by atoms with E-state index in [1.807, 2.05) is 12.1 Å². The van der Waals surface area contributed by atoms with Crippen LogP contribution < -0.4 is 9.47 Å². The molecule has 0 aliphatic heterocycles. The second-order valence-electron chi connectivity index (χ2n) is 4.60. The molecule has 0 atom stereocenters. The number of aromatic nitrogens is 1. The van der Waals surface area contributed by atoms with Gasteiger partial charge in [-0.15, -0.1) is 0 Å². The predicted molar refractivity (Wildman–Crippen MR) is 92.2 cm³/mol. The minimum atomic E-state index is -0.438. The van der Waals surface area contributed by atoms with Crippen molar-refractivity contribution < 1.29 is 23.7 Å². The molecule has 24 heavy (non-hydrogen) atoms. The molecule has 0 saturated heterocycles. The first-order valence-corrected chi connectivity index (χ1v) is 8.44. The van der Waals surface area contributed by atoms with E-state index in [2.05, 4.69) is 25.7 Å². The van der Waals surface area contributed by atoms with Gasteiger partial charge in [-0.2, -0.15) is 0 Å². The van der Waals surface area contributed by atoms with E-state index in [1.165, 1.54) is 13.3 Å². The van der Waals surface area contributed by atoms with Crippen LogP contribution in [-0.2, 0) is 9.47 Å². The Hall–Kier alpha value is -2.12. The number of alkyl halides is 1. The summed E-state index contributed by atoms with van der Waals surface area (Å²) >= 11 is 3.29. The van der Waals surface area contributed by atoms with Crippen LogP contribution in [0, 0.1) is 0 Å². The van der Waals surface area contributed by atoms with Crippen LogP contribution in [0.3, 0.4) is 0 Å². The van der Waals surface area contributed by atoms with E-state index in [9.17, 15) is 4.79 Å². The maximum absolute atomic E-state index is 11.4. The van der Waals surface area contributed by atoms with Gasteiger partial charge in [-0.05, 0) is 18.2 Å². The van der Waals surface area contributed by atoms with Gasteiger partial charge < -0.3 is 18.9 Å². The van der Waals surface area contributed by atoms with Crippen LogP contribution >= 0.6 is 15.9 Å². The number of hydrogen-bond donors (Lipinski definition) is 0. The normalized spacial score (nSPS) is 10.2. The fourth-order valence-corrected chi connectivity index (χ4v) is 2.03. The monoisotopic (exact) mass is 395 g/mol. The third-order valence-corrected chi connectivity index (χ3v) is 3.23. The molecule has 0 saturated carbocycles. The molecule has 0 fully saturated rings. The van der Waals surface area contributed by atoms with Crippen LogP contribution in [0.1, 0.15) is 10.4 Å². The average molecular weight is 396 g/mol. The van der Waals surface area contributed by atoms with E-state index < -0.39 is 5.97 Å². The zero-order valence-corrected chi connectivity index (χ0v) is 14.8. The molecule has 0 amide bonds. The highest BCUT2D eigenvalue weighted by Crippen LogP contribution is 2.24. The van der Waals surface area contributed by atoms with Gasteiger partial charge in [-0.25, -0.2) is 9.78 Å². The zero-order valence-electron chi connectivity index (χ0n) is 13.2. The topological polar surface area (TPSA) is 66.9 Å². The number of halogens is 1. The summed E-state index contributed by atoms with van der Waals surface area (Å²) in [6, 6.07) is 10.4. The van der Waals surface area contributed by atoms with Crippen LogP contribution in [0.25, 0.3) is 0 Å². The second kappa shape index (κ2) is 9.89. The summed E-state index contributed by atoms with van der Waals surface area (Å²) in [6.07, 6.45) is 1.41. The van der Waals surface area contributed by atoms with Gasteiger partial charge in [-0.3, -0.25) is 0 Å². The third-order valence-electron chi connectivity index (χ3n) is 2.90. The first-order chi connectivity index (χ1) is 11.7. The molecule has 1 heterocycles. The SMILES string of the molecule is COC(=O)c1ccc(Oc2cccc(OCCOCCBr)c2)nc1. The lowest BCUT2D eigenvalue weighted by atomic mass is 10.3. The molecule has 1 aromatic carbocycles. The highest BCUT2D eigenvalue weighted by molar-refractivity contribution is 9.09. The van der Waals surface area contributed by atoms with E-state index in [-0.39, 0.29) is 0 Å². The van der Waals surface area contributed by atoms with Crippen LogP contribution in [0.5, 0.6) is 17.4 Å². The van der Waals surface area contributed by atoms with Crippen molar-refractivity contribution in [2.45, 2.75) is 0 Å². The van der Waals surface area contributed by atoms with Crippen molar-refractivity contribution in [1.82, 2.24) is 4.98 Å². The highest BCUT2D eigenvalue weighted by Gasteiger charge is 2.07. The van der Waals surface area contributed by atoms with Crippen LogP contribution in [0.2, 0.25) is 0 Å². The standard InChI is InChI=1S/C17H18BrNO5/c1-21-17(20)13-5-6-16(19-12-13)24-15-4-2-3-14(11-15)23-10-9-22-8-7-18/h2-6,11-12H,7-10H2,1H3. The smallest absolute Gasteiger partial charge is 0.339 e. The summed E-state index contributed by atoms with van der Waals surface area (Å²) < 4.78 is 21.2. The number of ether oxygens (including phenoxy) is 4. The number of benzene rings is 1. The Morgan fingerprint density at radius 3 is 2.67 bits per heavy atom. The van der Waals surface area contributed by atoms with Crippen molar-refractivity contribution in [1.29, 1.82) is 0 Å². The number of rotatable bonds is 9. The van der Waals surface area contributed by atoms with E-state index in [0.717, 1.165) is 5.33 Å². The van der Waals surface area contributed by atoms with Gasteiger partial charge in [0.25, 0.3) is 0 Å². The third kappa shape index (κ3) is 5.82. The molecule has 0 aliphatic carbocycles. The maximum Gasteiger partial charge on any atom is 0.339 e. The average Bonchev–Trinajstić information content (AvgIpc) is 2.62.